The van der Waals surface area contributed by atoms with Crippen molar-refractivity contribution in [3.63, 3.8) is 0 Å². The van der Waals surface area contributed by atoms with Gasteiger partial charge in [0.2, 0.25) is 5.91 Å². The Labute approximate surface area is 178 Å². The fourth-order valence-electron chi connectivity index (χ4n) is 3.02. The maximum atomic E-state index is 12.4. The van der Waals surface area contributed by atoms with Crippen molar-refractivity contribution in [2.45, 2.75) is 24.6 Å². The fraction of sp³-hybridized carbons (Fsp3) is 0.350. The third-order valence-corrected chi connectivity index (χ3v) is 6.16. The van der Waals surface area contributed by atoms with Crippen molar-refractivity contribution < 1.29 is 9.59 Å². The topological polar surface area (TPSA) is 62.3 Å². The van der Waals surface area contributed by atoms with Crippen LogP contribution in [0.25, 0.3) is 0 Å². The molecular weight excluding hydrogens is 417 g/mol. The van der Waals surface area contributed by atoms with Crippen molar-refractivity contribution in [2.24, 2.45) is 0 Å². The van der Waals surface area contributed by atoms with E-state index in [2.05, 4.69) is 10.3 Å². The van der Waals surface area contributed by atoms with Gasteiger partial charge in [-0.05, 0) is 42.7 Å². The molecule has 1 aliphatic rings. The predicted octanol–water partition coefficient (Wildman–Crippen LogP) is 4.04. The molecule has 3 rings (SSSR count). The van der Waals surface area contributed by atoms with Crippen LogP contribution in [0.1, 0.15) is 28.8 Å². The SMILES string of the molecule is O=C(NC1CCN(C(=O)CSCc2ccc(Cl)cc2Cl)CC1)c1cccnc1. The minimum Gasteiger partial charge on any atom is -0.349 e. The Hall–Kier alpha value is -1.76. The molecule has 0 saturated carbocycles. The van der Waals surface area contributed by atoms with E-state index in [0.29, 0.717) is 40.2 Å². The number of piperidine rings is 1. The molecule has 2 aromatic rings. The van der Waals surface area contributed by atoms with Gasteiger partial charge >= 0.3 is 0 Å². The number of pyridine rings is 1. The summed E-state index contributed by atoms with van der Waals surface area (Å²) in [7, 11) is 0. The molecule has 0 bridgehead atoms. The average Bonchev–Trinajstić information content (AvgIpc) is 2.70. The molecule has 1 N–H and O–H groups in total. The molecule has 8 heteroatoms. The highest BCUT2D eigenvalue weighted by molar-refractivity contribution is 7.99. The summed E-state index contributed by atoms with van der Waals surface area (Å²) in [6.45, 7) is 1.30. The molecule has 1 aliphatic heterocycles. The van der Waals surface area contributed by atoms with E-state index in [1.807, 2.05) is 11.0 Å². The fourth-order valence-corrected chi connectivity index (χ4v) is 4.50. The van der Waals surface area contributed by atoms with Gasteiger partial charge in [-0.2, -0.15) is 0 Å². The zero-order chi connectivity index (χ0) is 19.9. The molecule has 1 aromatic heterocycles. The second kappa shape index (κ2) is 10.1. The lowest BCUT2D eigenvalue weighted by atomic mass is 10.0. The van der Waals surface area contributed by atoms with Crippen molar-refractivity contribution in [3.8, 4) is 0 Å². The summed E-state index contributed by atoms with van der Waals surface area (Å²) in [5.41, 5.74) is 1.53. The van der Waals surface area contributed by atoms with E-state index in [1.165, 1.54) is 0 Å². The lowest BCUT2D eigenvalue weighted by Gasteiger charge is -2.32. The minimum absolute atomic E-state index is 0.0808. The Morgan fingerprint density at radius 2 is 2.00 bits per heavy atom. The number of aromatic nitrogens is 1. The van der Waals surface area contributed by atoms with Gasteiger partial charge in [-0.25, -0.2) is 0 Å². The number of hydrogen-bond acceptors (Lipinski definition) is 4. The highest BCUT2D eigenvalue weighted by Gasteiger charge is 2.24. The summed E-state index contributed by atoms with van der Waals surface area (Å²) in [6.07, 6.45) is 4.70. The number of carbonyl (C=O) groups is 2. The number of likely N-dealkylation sites (tertiary alicyclic amines) is 1. The lowest BCUT2D eigenvalue weighted by molar-refractivity contribution is -0.129. The summed E-state index contributed by atoms with van der Waals surface area (Å²) >= 11 is 13.6. The molecule has 0 spiro atoms. The lowest BCUT2D eigenvalue weighted by Crippen LogP contribution is -2.47. The first-order valence-electron chi connectivity index (χ1n) is 9.03. The number of halogens is 2. The standard InChI is InChI=1S/C20H21Cl2N3O2S/c21-16-4-3-15(18(22)10-16)12-28-13-19(26)25-8-5-17(6-9-25)24-20(27)14-2-1-7-23-11-14/h1-4,7,10-11,17H,5-6,8-9,12-13H2,(H,24,27). The Morgan fingerprint density at radius 3 is 2.68 bits per heavy atom. The van der Waals surface area contributed by atoms with Crippen LogP contribution in [-0.2, 0) is 10.5 Å². The zero-order valence-corrected chi connectivity index (χ0v) is 17.6. The summed E-state index contributed by atoms with van der Waals surface area (Å²) in [6, 6.07) is 8.97. The minimum atomic E-state index is -0.117. The van der Waals surface area contributed by atoms with E-state index in [0.717, 1.165) is 18.4 Å². The number of carbonyl (C=O) groups excluding carboxylic acids is 2. The van der Waals surface area contributed by atoms with Gasteiger partial charge in [-0.1, -0.05) is 29.3 Å². The maximum absolute atomic E-state index is 12.4. The van der Waals surface area contributed by atoms with Gasteiger partial charge in [0.05, 0.1) is 11.3 Å². The molecule has 2 amide bonds. The molecule has 28 heavy (non-hydrogen) atoms. The largest absolute Gasteiger partial charge is 0.349 e. The van der Waals surface area contributed by atoms with Crippen LogP contribution in [-0.4, -0.2) is 46.6 Å². The van der Waals surface area contributed by atoms with Crippen molar-refractivity contribution in [1.82, 2.24) is 15.2 Å². The third-order valence-electron chi connectivity index (χ3n) is 4.60. The van der Waals surface area contributed by atoms with E-state index in [4.69, 9.17) is 23.2 Å². The van der Waals surface area contributed by atoms with Gasteiger partial charge in [0.1, 0.15) is 0 Å². The van der Waals surface area contributed by atoms with E-state index < -0.39 is 0 Å². The van der Waals surface area contributed by atoms with Crippen molar-refractivity contribution >= 4 is 46.8 Å². The number of amides is 2. The molecule has 1 fully saturated rings. The maximum Gasteiger partial charge on any atom is 0.253 e. The van der Waals surface area contributed by atoms with Crippen LogP contribution in [0.15, 0.2) is 42.7 Å². The van der Waals surface area contributed by atoms with Crippen molar-refractivity contribution in [2.75, 3.05) is 18.8 Å². The summed E-state index contributed by atoms with van der Waals surface area (Å²) in [5, 5.41) is 4.25. The summed E-state index contributed by atoms with van der Waals surface area (Å²) in [5.74, 6) is 1.07. The van der Waals surface area contributed by atoms with Gasteiger partial charge < -0.3 is 10.2 Å². The first-order chi connectivity index (χ1) is 13.5. The van der Waals surface area contributed by atoms with Gasteiger partial charge in [0.25, 0.3) is 5.91 Å². The van der Waals surface area contributed by atoms with Crippen molar-refractivity contribution in [1.29, 1.82) is 0 Å². The molecule has 0 unspecified atom stereocenters. The Balaban J connectivity index is 1.39. The van der Waals surface area contributed by atoms with Crippen LogP contribution in [0, 0.1) is 0 Å². The van der Waals surface area contributed by atoms with Crippen LogP contribution in [0.4, 0.5) is 0 Å². The molecule has 148 valence electrons. The molecule has 1 saturated heterocycles. The summed E-state index contributed by atoms with van der Waals surface area (Å²) < 4.78 is 0. The van der Waals surface area contributed by atoms with E-state index in [1.54, 1.807) is 48.4 Å². The summed E-state index contributed by atoms with van der Waals surface area (Å²) in [4.78, 5) is 30.5. The Morgan fingerprint density at radius 1 is 1.21 bits per heavy atom. The van der Waals surface area contributed by atoms with Crippen LogP contribution in [0.3, 0.4) is 0 Å². The molecular formula is C20H21Cl2N3O2S. The third kappa shape index (κ3) is 5.87. The monoisotopic (exact) mass is 437 g/mol. The highest BCUT2D eigenvalue weighted by Crippen LogP contribution is 2.25. The van der Waals surface area contributed by atoms with E-state index >= 15 is 0 Å². The normalized spacial score (nSPS) is 14.7. The van der Waals surface area contributed by atoms with Gasteiger partial charge in [0.15, 0.2) is 0 Å². The van der Waals surface area contributed by atoms with Crippen LogP contribution in [0.5, 0.6) is 0 Å². The van der Waals surface area contributed by atoms with Gasteiger partial charge in [0, 0.05) is 47.3 Å². The zero-order valence-electron chi connectivity index (χ0n) is 15.2. The van der Waals surface area contributed by atoms with Gasteiger partial charge in [-0.15, -0.1) is 11.8 Å². The molecule has 5 nitrogen and oxygen atoms in total. The second-order valence-corrected chi connectivity index (χ2v) is 8.43. The smallest absolute Gasteiger partial charge is 0.253 e. The van der Waals surface area contributed by atoms with Gasteiger partial charge in [-0.3, -0.25) is 14.6 Å². The van der Waals surface area contributed by atoms with E-state index in [-0.39, 0.29) is 17.9 Å². The predicted molar refractivity (Wildman–Crippen MR) is 114 cm³/mol. The van der Waals surface area contributed by atoms with Crippen LogP contribution in [0.2, 0.25) is 10.0 Å². The van der Waals surface area contributed by atoms with Crippen LogP contribution < -0.4 is 5.32 Å². The number of nitrogens with one attached hydrogen (secondary N) is 1. The molecule has 0 atom stereocenters. The first kappa shape index (κ1) is 21.0. The molecule has 0 aliphatic carbocycles. The first-order valence-corrected chi connectivity index (χ1v) is 10.9. The Bertz CT molecular complexity index is 827. The molecule has 0 radical (unpaired) electrons. The highest BCUT2D eigenvalue weighted by atomic mass is 35.5. The number of hydrogen-bond donors (Lipinski definition) is 1. The average molecular weight is 438 g/mol. The number of thioether (sulfide) groups is 1. The quantitative estimate of drug-likeness (QED) is 0.740. The van der Waals surface area contributed by atoms with E-state index in [9.17, 15) is 9.59 Å². The number of rotatable bonds is 6. The number of nitrogens with zero attached hydrogens (tertiary/aromatic N) is 2. The second-order valence-electron chi connectivity index (χ2n) is 6.60. The molecule has 2 heterocycles. The van der Waals surface area contributed by atoms with Crippen LogP contribution >= 0.6 is 35.0 Å². The number of benzene rings is 1. The van der Waals surface area contributed by atoms with Crippen molar-refractivity contribution in [3.05, 3.63) is 63.9 Å². The molecule has 1 aromatic carbocycles. The Kier molecular flexibility index (Phi) is 7.59.